The van der Waals surface area contributed by atoms with Crippen LogP contribution < -0.4 is 10.2 Å². The van der Waals surface area contributed by atoms with Gasteiger partial charge in [0.15, 0.2) is 0 Å². The third-order valence-corrected chi connectivity index (χ3v) is 4.17. The Morgan fingerprint density at radius 3 is 2.50 bits per heavy atom. The number of carbonyl (C=O) groups excluding carboxylic acids is 1. The Morgan fingerprint density at radius 1 is 1.17 bits per heavy atom. The standard InChI is InChI=1S/C19H24N4O/c1-15(2)23-14-10-17(21-23)9-11-20-19(24)16-5-7-18(8-6-16)22-12-3-4-13-22/h3-8,10,14-15H,9,11-13H2,1-2H3,(H,20,24). The van der Waals surface area contributed by atoms with Crippen LogP contribution >= 0.6 is 0 Å². The van der Waals surface area contributed by atoms with Crippen LogP contribution in [0.1, 0.15) is 35.9 Å². The van der Waals surface area contributed by atoms with Crippen LogP contribution in [-0.2, 0) is 6.42 Å². The molecule has 1 aliphatic rings. The molecule has 0 atom stereocenters. The largest absolute Gasteiger partial charge is 0.364 e. The molecule has 0 saturated heterocycles. The molecule has 0 unspecified atom stereocenters. The number of carbonyl (C=O) groups is 1. The average Bonchev–Trinajstić information content (AvgIpc) is 3.27. The van der Waals surface area contributed by atoms with Crippen molar-refractivity contribution in [1.29, 1.82) is 0 Å². The maximum Gasteiger partial charge on any atom is 0.251 e. The smallest absolute Gasteiger partial charge is 0.251 e. The Kier molecular flexibility index (Phi) is 4.99. The molecule has 1 aromatic carbocycles. The van der Waals surface area contributed by atoms with Crippen molar-refractivity contribution in [1.82, 2.24) is 15.1 Å². The second-order valence-corrected chi connectivity index (χ2v) is 6.31. The summed E-state index contributed by atoms with van der Waals surface area (Å²) in [4.78, 5) is 14.5. The topological polar surface area (TPSA) is 50.2 Å². The van der Waals surface area contributed by atoms with Gasteiger partial charge in [-0.25, -0.2) is 0 Å². The number of nitrogens with zero attached hydrogens (tertiary/aromatic N) is 3. The normalized spacial score (nSPS) is 13.7. The van der Waals surface area contributed by atoms with Crippen molar-refractivity contribution in [2.75, 3.05) is 24.5 Å². The van der Waals surface area contributed by atoms with Gasteiger partial charge < -0.3 is 10.2 Å². The van der Waals surface area contributed by atoms with Crippen LogP contribution in [0.3, 0.4) is 0 Å². The minimum atomic E-state index is -0.0376. The Bertz CT molecular complexity index is 707. The van der Waals surface area contributed by atoms with Crippen molar-refractivity contribution < 1.29 is 4.79 Å². The van der Waals surface area contributed by atoms with E-state index in [1.165, 1.54) is 0 Å². The molecule has 2 aromatic rings. The molecule has 2 heterocycles. The first-order chi connectivity index (χ1) is 11.6. The van der Waals surface area contributed by atoms with Crippen molar-refractivity contribution >= 4 is 11.6 Å². The van der Waals surface area contributed by atoms with Crippen molar-refractivity contribution in [2.24, 2.45) is 0 Å². The third kappa shape index (κ3) is 3.85. The number of anilines is 1. The van der Waals surface area contributed by atoms with Gasteiger partial charge in [0.1, 0.15) is 0 Å². The molecule has 0 aliphatic carbocycles. The number of hydrogen-bond donors (Lipinski definition) is 1. The van der Waals surface area contributed by atoms with E-state index in [0.717, 1.165) is 30.9 Å². The molecular weight excluding hydrogens is 300 g/mol. The Morgan fingerprint density at radius 2 is 1.88 bits per heavy atom. The molecule has 1 aromatic heterocycles. The van der Waals surface area contributed by atoms with Crippen LogP contribution in [0.5, 0.6) is 0 Å². The summed E-state index contributed by atoms with van der Waals surface area (Å²) in [5.74, 6) is -0.0376. The van der Waals surface area contributed by atoms with Gasteiger partial charge in [-0.3, -0.25) is 9.48 Å². The van der Waals surface area contributed by atoms with Gasteiger partial charge >= 0.3 is 0 Å². The molecule has 1 amide bonds. The van der Waals surface area contributed by atoms with Gasteiger partial charge in [0.05, 0.1) is 5.69 Å². The molecular formula is C19H24N4O. The molecule has 1 N–H and O–H groups in total. The average molecular weight is 324 g/mol. The number of amides is 1. The lowest BCUT2D eigenvalue weighted by atomic mass is 10.2. The van der Waals surface area contributed by atoms with E-state index in [1.54, 1.807) is 0 Å². The summed E-state index contributed by atoms with van der Waals surface area (Å²) in [6, 6.07) is 10.1. The lowest BCUT2D eigenvalue weighted by molar-refractivity contribution is 0.0954. The highest BCUT2D eigenvalue weighted by Crippen LogP contribution is 2.17. The van der Waals surface area contributed by atoms with E-state index in [0.29, 0.717) is 18.2 Å². The molecule has 0 spiro atoms. The van der Waals surface area contributed by atoms with Gasteiger partial charge in [0.25, 0.3) is 5.91 Å². The summed E-state index contributed by atoms with van der Waals surface area (Å²) in [5.41, 5.74) is 2.84. The predicted octanol–water partition coefficient (Wildman–Crippen LogP) is 2.81. The molecule has 5 nitrogen and oxygen atoms in total. The fraction of sp³-hybridized carbons (Fsp3) is 0.368. The molecule has 0 fully saturated rings. The third-order valence-electron chi connectivity index (χ3n) is 4.17. The first kappa shape index (κ1) is 16.3. The van der Waals surface area contributed by atoms with Crippen LogP contribution in [0.25, 0.3) is 0 Å². The highest BCUT2D eigenvalue weighted by Gasteiger charge is 2.10. The predicted molar refractivity (Wildman–Crippen MR) is 96.4 cm³/mol. The van der Waals surface area contributed by atoms with E-state index in [2.05, 4.69) is 41.3 Å². The summed E-state index contributed by atoms with van der Waals surface area (Å²) in [7, 11) is 0. The van der Waals surface area contributed by atoms with Gasteiger partial charge in [0.2, 0.25) is 0 Å². The molecule has 126 valence electrons. The molecule has 3 rings (SSSR count). The van der Waals surface area contributed by atoms with E-state index in [1.807, 2.05) is 41.2 Å². The van der Waals surface area contributed by atoms with E-state index < -0.39 is 0 Å². The van der Waals surface area contributed by atoms with Crippen LogP contribution in [0.4, 0.5) is 5.69 Å². The molecule has 5 heteroatoms. The van der Waals surface area contributed by atoms with Crippen LogP contribution in [0, 0.1) is 0 Å². The molecule has 24 heavy (non-hydrogen) atoms. The van der Waals surface area contributed by atoms with Crippen molar-refractivity contribution in [3.8, 4) is 0 Å². The first-order valence-electron chi connectivity index (χ1n) is 8.46. The summed E-state index contributed by atoms with van der Waals surface area (Å²) in [6.07, 6.45) is 7.03. The lowest BCUT2D eigenvalue weighted by Crippen LogP contribution is -2.26. The maximum absolute atomic E-state index is 12.2. The highest BCUT2D eigenvalue weighted by atomic mass is 16.1. The zero-order chi connectivity index (χ0) is 16.9. The lowest BCUT2D eigenvalue weighted by Gasteiger charge is -2.17. The Labute approximate surface area is 143 Å². The van der Waals surface area contributed by atoms with Gasteiger partial charge in [-0.15, -0.1) is 0 Å². The van der Waals surface area contributed by atoms with E-state index in [9.17, 15) is 4.79 Å². The number of nitrogens with one attached hydrogen (secondary N) is 1. The zero-order valence-corrected chi connectivity index (χ0v) is 14.3. The Balaban J connectivity index is 1.49. The molecule has 0 saturated carbocycles. The zero-order valence-electron chi connectivity index (χ0n) is 14.3. The minimum Gasteiger partial charge on any atom is -0.364 e. The number of aromatic nitrogens is 2. The quantitative estimate of drug-likeness (QED) is 0.831. The van der Waals surface area contributed by atoms with Gasteiger partial charge in [-0.05, 0) is 44.2 Å². The molecule has 1 aliphatic heterocycles. The SMILES string of the molecule is CC(C)n1ccc(CCNC(=O)c2ccc(N3CC=CC3)cc2)n1. The number of rotatable bonds is 6. The second-order valence-electron chi connectivity index (χ2n) is 6.31. The molecule has 0 radical (unpaired) electrons. The fourth-order valence-electron chi connectivity index (χ4n) is 2.72. The minimum absolute atomic E-state index is 0.0376. The summed E-state index contributed by atoms with van der Waals surface area (Å²) < 4.78 is 1.93. The summed E-state index contributed by atoms with van der Waals surface area (Å²) in [6.45, 7) is 6.66. The Hall–Kier alpha value is -2.56. The molecule has 0 bridgehead atoms. The number of benzene rings is 1. The maximum atomic E-state index is 12.2. The van der Waals surface area contributed by atoms with E-state index >= 15 is 0 Å². The van der Waals surface area contributed by atoms with Crippen molar-refractivity contribution in [3.05, 3.63) is 59.9 Å². The van der Waals surface area contributed by atoms with Crippen LogP contribution in [-0.4, -0.2) is 35.3 Å². The van der Waals surface area contributed by atoms with Gasteiger partial charge in [-0.2, -0.15) is 5.10 Å². The van der Waals surface area contributed by atoms with Gasteiger partial charge in [-0.1, -0.05) is 12.2 Å². The van der Waals surface area contributed by atoms with Crippen LogP contribution in [0.2, 0.25) is 0 Å². The van der Waals surface area contributed by atoms with E-state index in [4.69, 9.17) is 0 Å². The second kappa shape index (κ2) is 7.34. The summed E-state index contributed by atoms with van der Waals surface area (Å²) in [5, 5.41) is 7.45. The van der Waals surface area contributed by atoms with Crippen molar-refractivity contribution in [3.63, 3.8) is 0 Å². The van der Waals surface area contributed by atoms with Crippen molar-refractivity contribution in [2.45, 2.75) is 26.3 Å². The number of hydrogen-bond acceptors (Lipinski definition) is 3. The van der Waals surface area contributed by atoms with E-state index in [-0.39, 0.29) is 5.91 Å². The van der Waals surface area contributed by atoms with Crippen LogP contribution in [0.15, 0.2) is 48.7 Å². The summed E-state index contributed by atoms with van der Waals surface area (Å²) >= 11 is 0. The monoisotopic (exact) mass is 324 g/mol. The first-order valence-corrected chi connectivity index (χ1v) is 8.46. The fourth-order valence-corrected chi connectivity index (χ4v) is 2.72. The highest BCUT2D eigenvalue weighted by molar-refractivity contribution is 5.94. The van der Waals surface area contributed by atoms with Gasteiger partial charge in [0, 0.05) is 49.5 Å².